The zero-order valence-electron chi connectivity index (χ0n) is 7.92. The number of anilines is 1. The van der Waals surface area contributed by atoms with Gasteiger partial charge in [-0.05, 0) is 0 Å². The number of hydrogen-bond donors (Lipinski definition) is 1. The molecule has 1 aromatic carbocycles. The van der Waals surface area contributed by atoms with Gasteiger partial charge in [-0.2, -0.15) is 0 Å². The van der Waals surface area contributed by atoms with Crippen LogP contribution in [0.3, 0.4) is 0 Å². The fraction of sp³-hybridized carbons (Fsp3) is 0. The molecule has 4 heteroatoms. The summed E-state index contributed by atoms with van der Waals surface area (Å²) in [5, 5.41) is 2.48. The zero-order valence-corrected chi connectivity index (χ0v) is 7.92. The lowest BCUT2D eigenvalue weighted by Gasteiger charge is -2.00. The van der Waals surface area contributed by atoms with E-state index in [1.54, 1.807) is 12.4 Å². The van der Waals surface area contributed by atoms with Crippen LogP contribution in [-0.4, -0.2) is 16.4 Å². The highest BCUT2D eigenvalue weighted by Crippen LogP contribution is 2.14. The van der Waals surface area contributed by atoms with E-state index >= 15 is 0 Å². The van der Waals surface area contributed by atoms with E-state index in [9.17, 15) is 4.79 Å². The first-order valence-electron chi connectivity index (χ1n) is 4.48. The molecular formula is C11H9N3O. The summed E-state index contributed by atoms with van der Waals surface area (Å²) in [5.74, 6) is 0.645. The van der Waals surface area contributed by atoms with Crippen molar-refractivity contribution in [1.29, 1.82) is 0 Å². The monoisotopic (exact) mass is 199 g/mol. The molecule has 0 saturated carbocycles. The van der Waals surface area contributed by atoms with Crippen LogP contribution in [0.15, 0.2) is 42.7 Å². The van der Waals surface area contributed by atoms with Gasteiger partial charge in [0, 0.05) is 5.56 Å². The molecule has 2 aromatic rings. The van der Waals surface area contributed by atoms with E-state index in [4.69, 9.17) is 0 Å². The number of nitrogens with zero attached hydrogens (tertiary/aromatic N) is 2. The Hall–Kier alpha value is -2.23. The molecule has 1 aromatic heterocycles. The molecule has 0 fully saturated rings. The van der Waals surface area contributed by atoms with E-state index in [0.29, 0.717) is 17.9 Å². The van der Waals surface area contributed by atoms with Crippen molar-refractivity contribution >= 4 is 12.1 Å². The van der Waals surface area contributed by atoms with Gasteiger partial charge in [-0.1, -0.05) is 30.3 Å². The summed E-state index contributed by atoms with van der Waals surface area (Å²) < 4.78 is 0. The molecule has 0 aliphatic rings. The number of benzene rings is 1. The van der Waals surface area contributed by atoms with E-state index in [1.165, 1.54) is 0 Å². The SMILES string of the molecule is O=CNc1cnc(-c2ccccc2)nc1. The van der Waals surface area contributed by atoms with E-state index in [0.717, 1.165) is 5.56 Å². The van der Waals surface area contributed by atoms with Gasteiger partial charge in [-0.25, -0.2) is 9.97 Å². The molecule has 0 atom stereocenters. The molecule has 0 spiro atoms. The van der Waals surface area contributed by atoms with Crippen LogP contribution in [0.25, 0.3) is 11.4 Å². The molecular weight excluding hydrogens is 190 g/mol. The maximum absolute atomic E-state index is 10.2. The summed E-state index contributed by atoms with van der Waals surface area (Å²) in [5.41, 5.74) is 1.54. The smallest absolute Gasteiger partial charge is 0.211 e. The van der Waals surface area contributed by atoms with Crippen molar-refractivity contribution in [1.82, 2.24) is 9.97 Å². The van der Waals surface area contributed by atoms with Gasteiger partial charge in [0.25, 0.3) is 0 Å². The summed E-state index contributed by atoms with van der Waals surface area (Å²) >= 11 is 0. The minimum atomic E-state index is 0.588. The molecule has 1 heterocycles. The van der Waals surface area contributed by atoms with Crippen LogP contribution >= 0.6 is 0 Å². The summed E-state index contributed by atoms with van der Waals surface area (Å²) in [6.45, 7) is 0. The molecule has 1 amide bonds. The van der Waals surface area contributed by atoms with Gasteiger partial charge in [0.05, 0.1) is 18.1 Å². The van der Waals surface area contributed by atoms with E-state index in [-0.39, 0.29) is 0 Å². The highest BCUT2D eigenvalue weighted by molar-refractivity contribution is 5.70. The molecule has 0 aliphatic heterocycles. The number of amides is 1. The van der Waals surface area contributed by atoms with Gasteiger partial charge in [-0.15, -0.1) is 0 Å². The second-order valence-electron chi connectivity index (χ2n) is 2.92. The van der Waals surface area contributed by atoms with Gasteiger partial charge in [-0.3, -0.25) is 4.79 Å². The molecule has 74 valence electrons. The van der Waals surface area contributed by atoms with Crippen LogP contribution in [0.4, 0.5) is 5.69 Å². The lowest BCUT2D eigenvalue weighted by molar-refractivity contribution is -0.105. The molecule has 4 nitrogen and oxygen atoms in total. The lowest BCUT2D eigenvalue weighted by Crippen LogP contribution is -1.96. The fourth-order valence-electron chi connectivity index (χ4n) is 1.21. The Balaban J connectivity index is 2.28. The fourth-order valence-corrected chi connectivity index (χ4v) is 1.21. The van der Waals surface area contributed by atoms with Crippen molar-refractivity contribution in [2.45, 2.75) is 0 Å². The molecule has 0 bridgehead atoms. The minimum Gasteiger partial charge on any atom is -0.326 e. The number of hydrogen-bond acceptors (Lipinski definition) is 3. The minimum absolute atomic E-state index is 0.588. The van der Waals surface area contributed by atoms with Gasteiger partial charge < -0.3 is 5.32 Å². The largest absolute Gasteiger partial charge is 0.326 e. The first-order valence-corrected chi connectivity index (χ1v) is 4.48. The third kappa shape index (κ3) is 2.17. The van der Waals surface area contributed by atoms with Crippen LogP contribution in [0, 0.1) is 0 Å². The Morgan fingerprint density at radius 1 is 1.07 bits per heavy atom. The Bertz CT molecular complexity index is 439. The second-order valence-corrected chi connectivity index (χ2v) is 2.92. The first-order chi connectivity index (χ1) is 7.40. The maximum atomic E-state index is 10.2. The number of rotatable bonds is 3. The first kappa shape index (κ1) is 9.33. The van der Waals surface area contributed by atoms with E-state index in [1.807, 2.05) is 30.3 Å². The molecule has 2 rings (SSSR count). The van der Waals surface area contributed by atoms with E-state index in [2.05, 4.69) is 15.3 Å². The lowest BCUT2D eigenvalue weighted by atomic mass is 10.2. The van der Waals surface area contributed by atoms with Gasteiger partial charge in [0.15, 0.2) is 5.82 Å². The highest BCUT2D eigenvalue weighted by atomic mass is 16.1. The summed E-state index contributed by atoms with van der Waals surface area (Å²) in [6, 6.07) is 9.66. The molecule has 0 aliphatic carbocycles. The van der Waals surface area contributed by atoms with Gasteiger partial charge in [0.2, 0.25) is 6.41 Å². The maximum Gasteiger partial charge on any atom is 0.211 e. The standard InChI is InChI=1S/C11H9N3O/c15-8-14-10-6-12-11(13-7-10)9-4-2-1-3-5-9/h1-8H,(H,14,15). The average Bonchev–Trinajstić information content (AvgIpc) is 2.32. The number of nitrogens with one attached hydrogen (secondary N) is 1. The van der Waals surface area contributed by atoms with Crippen LogP contribution in [0.2, 0.25) is 0 Å². The normalized spacial score (nSPS) is 9.60. The second kappa shape index (κ2) is 4.32. The van der Waals surface area contributed by atoms with Crippen molar-refractivity contribution < 1.29 is 4.79 Å². The van der Waals surface area contributed by atoms with E-state index < -0.39 is 0 Å². The Kier molecular flexibility index (Phi) is 2.69. The zero-order chi connectivity index (χ0) is 10.5. The Labute approximate surface area is 87.0 Å². The quantitative estimate of drug-likeness (QED) is 0.765. The summed E-state index contributed by atoms with van der Waals surface area (Å²) in [4.78, 5) is 18.4. The molecule has 0 saturated heterocycles. The van der Waals surface area contributed by atoms with Crippen molar-refractivity contribution in [2.75, 3.05) is 5.32 Å². The van der Waals surface area contributed by atoms with Crippen molar-refractivity contribution in [3.63, 3.8) is 0 Å². The predicted octanol–water partition coefficient (Wildman–Crippen LogP) is 1.71. The summed E-state index contributed by atoms with van der Waals surface area (Å²) in [7, 11) is 0. The van der Waals surface area contributed by atoms with Gasteiger partial charge in [0.1, 0.15) is 0 Å². The third-order valence-corrected chi connectivity index (χ3v) is 1.91. The number of aromatic nitrogens is 2. The Morgan fingerprint density at radius 3 is 2.33 bits per heavy atom. The summed E-state index contributed by atoms with van der Waals surface area (Å²) in [6.07, 6.45) is 3.74. The Morgan fingerprint density at radius 2 is 1.73 bits per heavy atom. The molecule has 15 heavy (non-hydrogen) atoms. The van der Waals surface area contributed by atoms with Crippen LogP contribution in [-0.2, 0) is 4.79 Å². The molecule has 0 unspecified atom stereocenters. The van der Waals surface area contributed by atoms with Gasteiger partial charge >= 0.3 is 0 Å². The topological polar surface area (TPSA) is 54.9 Å². The number of carbonyl (C=O) groups is 1. The van der Waals surface area contributed by atoms with Crippen LogP contribution < -0.4 is 5.32 Å². The average molecular weight is 199 g/mol. The molecule has 1 N–H and O–H groups in total. The van der Waals surface area contributed by atoms with Crippen LogP contribution in [0.1, 0.15) is 0 Å². The molecule has 0 radical (unpaired) electrons. The van der Waals surface area contributed by atoms with Crippen LogP contribution in [0.5, 0.6) is 0 Å². The predicted molar refractivity (Wildman–Crippen MR) is 57.2 cm³/mol. The van der Waals surface area contributed by atoms with Crippen molar-refractivity contribution in [3.05, 3.63) is 42.7 Å². The third-order valence-electron chi connectivity index (χ3n) is 1.91. The highest BCUT2D eigenvalue weighted by Gasteiger charge is 1.99. The number of carbonyl (C=O) groups excluding carboxylic acids is 1. The van der Waals surface area contributed by atoms with Crippen molar-refractivity contribution in [2.24, 2.45) is 0 Å². The van der Waals surface area contributed by atoms with Crippen molar-refractivity contribution in [3.8, 4) is 11.4 Å².